The number of hydrogen-bond donors (Lipinski definition) is 3. The number of unbranched alkanes of at least 4 members (excludes halogenated alkanes) is 3. The van der Waals surface area contributed by atoms with Crippen LogP contribution in [0.4, 0.5) is 0 Å². The number of aliphatic hydroxyl groups excluding tert-OH is 1. The number of nitrogens with zero attached hydrogens (tertiary/aromatic N) is 1. The van der Waals surface area contributed by atoms with E-state index in [1.165, 1.54) is 0 Å². The van der Waals surface area contributed by atoms with Gasteiger partial charge >= 0.3 is 5.97 Å². The number of aliphatic hydroxyl groups is 1. The highest BCUT2D eigenvalue weighted by Gasteiger charge is 2.32. The zero-order chi connectivity index (χ0) is 28.0. The van der Waals surface area contributed by atoms with Crippen LogP contribution in [0.2, 0.25) is 0 Å². The number of hydrogen-bond acceptors (Lipinski definition) is 6. The van der Waals surface area contributed by atoms with Crippen molar-refractivity contribution in [2.75, 3.05) is 20.1 Å². The Labute approximate surface area is 231 Å². The summed E-state index contributed by atoms with van der Waals surface area (Å²) in [5, 5.41) is 21.0. The molecule has 0 spiro atoms. The van der Waals surface area contributed by atoms with Crippen molar-refractivity contribution in [3.63, 3.8) is 0 Å². The molecule has 2 aromatic carbocycles. The Bertz CT molecular complexity index is 1040. The molecule has 0 aromatic heterocycles. The number of carbonyl (C=O) groups is 2. The number of carbonyl (C=O) groups excluding carboxylic acids is 1. The van der Waals surface area contributed by atoms with Gasteiger partial charge in [-0.15, -0.1) is 6.58 Å². The molecule has 1 aliphatic rings. The lowest BCUT2D eigenvalue weighted by atomic mass is 9.99. The zero-order valence-electron chi connectivity index (χ0n) is 22.9. The van der Waals surface area contributed by atoms with Crippen LogP contribution in [-0.2, 0) is 32.2 Å². The lowest BCUT2D eigenvalue weighted by molar-refractivity contribution is -0.252. The quantitative estimate of drug-likeness (QED) is 0.206. The first-order valence-electron chi connectivity index (χ1n) is 13.7. The van der Waals surface area contributed by atoms with Crippen LogP contribution in [0, 0.1) is 0 Å². The summed E-state index contributed by atoms with van der Waals surface area (Å²) in [6.45, 7) is 5.80. The Morgan fingerprint density at radius 2 is 1.62 bits per heavy atom. The topological polar surface area (TPSA) is 108 Å². The van der Waals surface area contributed by atoms with Crippen LogP contribution in [0.1, 0.15) is 79.6 Å². The van der Waals surface area contributed by atoms with Crippen LogP contribution in [0.15, 0.2) is 61.2 Å². The second-order valence-corrected chi connectivity index (χ2v) is 10.2. The van der Waals surface area contributed by atoms with Crippen molar-refractivity contribution in [2.24, 2.45) is 0 Å². The number of carboxylic acids is 1. The minimum absolute atomic E-state index is 0.00203. The van der Waals surface area contributed by atoms with E-state index in [-0.39, 0.29) is 31.1 Å². The summed E-state index contributed by atoms with van der Waals surface area (Å²) in [6.07, 6.45) is 5.63. The van der Waals surface area contributed by atoms with Crippen LogP contribution in [-0.4, -0.2) is 53.2 Å². The fraction of sp³-hybridized carbons (Fsp3) is 0.484. The van der Waals surface area contributed by atoms with E-state index in [0.717, 1.165) is 61.0 Å². The first kappa shape index (κ1) is 30.5. The molecule has 1 saturated heterocycles. The van der Waals surface area contributed by atoms with Gasteiger partial charge in [-0.1, -0.05) is 67.4 Å². The summed E-state index contributed by atoms with van der Waals surface area (Å²) in [4.78, 5) is 24.9. The number of benzene rings is 2. The predicted molar refractivity (Wildman–Crippen MR) is 150 cm³/mol. The number of rotatable bonds is 16. The minimum Gasteiger partial charge on any atom is -0.481 e. The number of aliphatic carboxylic acids is 1. The van der Waals surface area contributed by atoms with Gasteiger partial charge in [0.05, 0.1) is 18.8 Å². The number of nitrogens with one attached hydrogen (secondary N) is 1. The van der Waals surface area contributed by atoms with E-state index in [1.54, 1.807) is 0 Å². The number of ether oxygens (including phenoxy) is 2. The summed E-state index contributed by atoms with van der Waals surface area (Å²) < 4.78 is 12.8. The van der Waals surface area contributed by atoms with Crippen molar-refractivity contribution in [1.82, 2.24) is 10.2 Å². The zero-order valence-corrected chi connectivity index (χ0v) is 22.9. The average Bonchev–Trinajstić information content (AvgIpc) is 2.94. The monoisotopic (exact) mass is 538 g/mol. The number of likely N-dealkylation sites (N-methyl/N-ethyl adjacent to an activating group) is 1. The van der Waals surface area contributed by atoms with Crippen molar-refractivity contribution >= 4 is 11.9 Å². The van der Waals surface area contributed by atoms with Gasteiger partial charge in [-0.25, -0.2) is 0 Å². The lowest BCUT2D eigenvalue weighted by Gasteiger charge is -2.37. The summed E-state index contributed by atoms with van der Waals surface area (Å²) in [5.74, 6) is -0.775. The fourth-order valence-electron chi connectivity index (χ4n) is 4.67. The molecule has 3 atom stereocenters. The Morgan fingerprint density at radius 3 is 2.26 bits per heavy atom. The molecule has 3 unspecified atom stereocenters. The number of amides is 1. The average molecular weight is 539 g/mol. The highest BCUT2D eigenvalue weighted by Crippen LogP contribution is 2.38. The Kier molecular flexibility index (Phi) is 12.6. The van der Waals surface area contributed by atoms with Crippen LogP contribution < -0.4 is 5.32 Å². The standard InChI is InChI=1S/C31H42N2O6/c1-3-18-33(2)21-27-19-28(25-14-12-24(22-34)13-15-25)39-31(38-27)26-16-10-23(11-17-26)20-32-29(35)8-6-4-5-7-9-30(36)37/h3,10-17,27-28,31,34H,1,4-9,18-22H2,2H3,(H,32,35)(H,36,37). The molecule has 1 fully saturated rings. The van der Waals surface area contributed by atoms with Gasteiger partial charge in [-0.05, 0) is 36.6 Å². The van der Waals surface area contributed by atoms with Crippen LogP contribution >= 0.6 is 0 Å². The van der Waals surface area contributed by atoms with E-state index in [2.05, 4.69) is 16.8 Å². The summed E-state index contributed by atoms with van der Waals surface area (Å²) in [7, 11) is 2.04. The molecule has 0 saturated carbocycles. The Morgan fingerprint density at radius 1 is 0.974 bits per heavy atom. The molecule has 1 amide bonds. The van der Waals surface area contributed by atoms with Crippen molar-refractivity contribution in [1.29, 1.82) is 0 Å². The highest BCUT2D eigenvalue weighted by molar-refractivity contribution is 5.75. The third-order valence-electron chi connectivity index (χ3n) is 6.86. The molecular weight excluding hydrogens is 496 g/mol. The predicted octanol–water partition coefficient (Wildman–Crippen LogP) is 4.88. The van der Waals surface area contributed by atoms with Crippen LogP contribution in [0.25, 0.3) is 0 Å². The van der Waals surface area contributed by atoms with Crippen molar-refractivity contribution in [3.8, 4) is 0 Å². The van der Waals surface area contributed by atoms with Gasteiger partial charge < -0.3 is 29.9 Å². The van der Waals surface area contributed by atoms with Gasteiger partial charge in [-0.3, -0.25) is 9.59 Å². The van der Waals surface area contributed by atoms with Crippen LogP contribution in [0.3, 0.4) is 0 Å². The maximum atomic E-state index is 12.2. The molecule has 212 valence electrons. The van der Waals surface area contributed by atoms with E-state index < -0.39 is 12.3 Å². The molecular formula is C31H42N2O6. The van der Waals surface area contributed by atoms with Crippen molar-refractivity contribution in [2.45, 2.75) is 76.6 Å². The van der Waals surface area contributed by atoms with E-state index in [0.29, 0.717) is 19.4 Å². The minimum atomic E-state index is -0.773. The fourth-order valence-corrected chi connectivity index (χ4v) is 4.67. The molecule has 0 bridgehead atoms. The molecule has 1 heterocycles. The summed E-state index contributed by atoms with van der Waals surface area (Å²) >= 11 is 0. The van der Waals surface area contributed by atoms with E-state index in [1.807, 2.05) is 61.7 Å². The van der Waals surface area contributed by atoms with Gasteiger partial charge in [0.25, 0.3) is 0 Å². The lowest BCUT2D eigenvalue weighted by Crippen LogP contribution is -2.37. The normalized spacial score (nSPS) is 19.1. The molecule has 0 radical (unpaired) electrons. The SMILES string of the molecule is C=CCN(C)CC1CC(c2ccc(CO)cc2)OC(c2ccc(CNC(=O)CCCCCCC(=O)O)cc2)O1. The van der Waals surface area contributed by atoms with Gasteiger partial charge in [-0.2, -0.15) is 0 Å². The van der Waals surface area contributed by atoms with E-state index in [4.69, 9.17) is 14.6 Å². The van der Waals surface area contributed by atoms with Crippen LogP contribution in [0.5, 0.6) is 0 Å². The van der Waals surface area contributed by atoms with Crippen molar-refractivity contribution < 1.29 is 29.3 Å². The summed E-state index contributed by atoms with van der Waals surface area (Å²) in [5.41, 5.74) is 3.82. The Balaban J connectivity index is 1.55. The largest absolute Gasteiger partial charge is 0.481 e. The first-order chi connectivity index (χ1) is 18.9. The van der Waals surface area contributed by atoms with Gasteiger partial charge in [0.15, 0.2) is 6.29 Å². The molecule has 1 aliphatic heterocycles. The van der Waals surface area contributed by atoms with Gasteiger partial charge in [0.1, 0.15) is 0 Å². The third-order valence-corrected chi connectivity index (χ3v) is 6.86. The molecule has 8 heteroatoms. The number of carboxylic acid groups (broad SMARTS) is 1. The van der Waals surface area contributed by atoms with Crippen molar-refractivity contribution in [3.05, 3.63) is 83.4 Å². The van der Waals surface area contributed by atoms with Gasteiger partial charge in [0, 0.05) is 44.5 Å². The molecule has 2 aromatic rings. The highest BCUT2D eigenvalue weighted by atomic mass is 16.7. The Hall–Kier alpha value is -3.04. The second-order valence-electron chi connectivity index (χ2n) is 10.2. The second kappa shape index (κ2) is 16.2. The molecule has 3 N–H and O–H groups in total. The van der Waals surface area contributed by atoms with E-state index >= 15 is 0 Å². The van der Waals surface area contributed by atoms with Gasteiger partial charge in [0.2, 0.25) is 5.91 Å². The first-order valence-corrected chi connectivity index (χ1v) is 13.7. The maximum Gasteiger partial charge on any atom is 0.303 e. The molecule has 3 rings (SSSR count). The molecule has 0 aliphatic carbocycles. The van der Waals surface area contributed by atoms with E-state index in [9.17, 15) is 14.7 Å². The summed E-state index contributed by atoms with van der Waals surface area (Å²) in [6, 6.07) is 15.8. The molecule has 39 heavy (non-hydrogen) atoms. The third kappa shape index (κ3) is 10.6. The maximum absolute atomic E-state index is 12.2. The smallest absolute Gasteiger partial charge is 0.303 e. The molecule has 8 nitrogen and oxygen atoms in total.